The molecule has 0 fully saturated rings. The average molecular weight is 2660 g/mol. The second kappa shape index (κ2) is 40.6. The minimum absolute atomic E-state index is 0. The monoisotopic (exact) mass is 2660 g/mol. The van der Waals surface area contributed by atoms with Crippen molar-refractivity contribution in [3.63, 3.8) is 0 Å². The van der Waals surface area contributed by atoms with E-state index in [2.05, 4.69) is 345 Å². The van der Waals surface area contributed by atoms with Crippen LogP contribution in [-0.2, 0) is 113 Å². The summed E-state index contributed by atoms with van der Waals surface area (Å²) in [5.74, 6) is 0. The Balaban J connectivity index is 0.000000123. The smallest absolute Gasteiger partial charge is 0.358 e. The van der Waals surface area contributed by atoms with Gasteiger partial charge in [0.15, 0.2) is 0 Å². The summed E-state index contributed by atoms with van der Waals surface area (Å²) in [5.41, 5.74) is 22.7. The molecule has 5 radical (unpaired) electrons. The third kappa shape index (κ3) is 18.0. The van der Waals surface area contributed by atoms with Crippen molar-refractivity contribution in [1.29, 1.82) is 0 Å². The first-order valence-corrected chi connectivity index (χ1v) is 42.1. The third-order valence-corrected chi connectivity index (χ3v) is 23.1. The third-order valence-electron chi connectivity index (χ3n) is 23.1. The number of benzene rings is 14. The molecule has 0 atom stereocenters. The van der Waals surface area contributed by atoms with E-state index in [4.69, 9.17) is 0 Å². The van der Waals surface area contributed by atoms with E-state index < -0.39 is 29.0 Å². The van der Waals surface area contributed by atoms with Gasteiger partial charge in [0.2, 0.25) is 0 Å². The van der Waals surface area contributed by atoms with Gasteiger partial charge in [-0.05, 0) is 208 Å². The number of alkyl halides is 6. The van der Waals surface area contributed by atoms with E-state index in [0.29, 0.717) is 5.69 Å². The maximum absolute atomic E-state index is 13.7. The maximum atomic E-state index is 13.7. The number of rotatable bonds is 9. The van der Waals surface area contributed by atoms with Crippen LogP contribution in [0.15, 0.2) is 413 Å². The largest absolute Gasteiger partial charge is 0.401 e. The van der Waals surface area contributed by atoms with E-state index in [1.54, 1.807) is 30.3 Å². The molecule has 0 aliphatic heterocycles. The summed E-state index contributed by atoms with van der Waals surface area (Å²) in [7, 11) is 0. The Morgan fingerprint density at radius 3 is 0.970 bits per heavy atom. The summed E-state index contributed by atoms with van der Waals surface area (Å²) in [6.45, 7) is 2.09. The van der Waals surface area contributed by atoms with Gasteiger partial charge in [-0.3, -0.25) is 0 Å². The summed E-state index contributed by atoms with van der Waals surface area (Å²) < 4.78 is 93.3. The van der Waals surface area contributed by atoms with Crippen LogP contribution in [0.1, 0.15) is 16.7 Å². The van der Waals surface area contributed by atoms with Crippen LogP contribution >= 0.6 is 0 Å². The molecule has 0 bridgehead atoms. The molecule has 0 aliphatic rings. The average Bonchev–Trinajstić information content (AvgIpc) is 1.58. The second-order valence-corrected chi connectivity index (χ2v) is 31.0. The minimum Gasteiger partial charge on any atom is -0.358 e. The molecule has 23 heteroatoms. The molecule has 0 N–H and O–H groups in total. The molecule has 135 heavy (non-hydrogen) atoms. The van der Waals surface area contributed by atoms with Crippen LogP contribution < -0.4 is 4.90 Å². The van der Waals surface area contributed by atoms with Crippen molar-refractivity contribution < 1.29 is 127 Å². The van der Waals surface area contributed by atoms with E-state index in [-0.39, 0.29) is 123 Å². The molecule has 25 aromatic rings. The molecule has 0 unspecified atom stereocenters. The van der Waals surface area contributed by atoms with E-state index in [1.165, 1.54) is 50.3 Å². The van der Waals surface area contributed by atoms with E-state index in [1.807, 2.05) is 104 Å². The Bertz CT molecular complexity index is 8350. The Kier molecular flexibility index (Phi) is 28.4. The van der Waals surface area contributed by atoms with Crippen LogP contribution in [0.3, 0.4) is 0 Å². The number of anilines is 3. The van der Waals surface area contributed by atoms with Gasteiger partial charge in [0.05, 0.1) is 0 Å². The molecular formula is C112H71F6Ir5N12-5. The Hall–Kier alpha value is -13.7. The van der Waals surface area contributed by atoms with Crippen molar-refractivity contribution in [2.45, 2.75) is 19.3 Å². The molecule has 0 amide bonds. The predicted octanol–water partition coefficient (Wildman–Crippen LogP) is 28.8. The molecular weight excluding hydrogens is 2590 g/mol. The van der Waals surface area contributed by atoms with Gasteiger partial charge in [-0.2, -0.15) is 26.3 Å². The van der Waals surface area contributed by atoms with Gasteiger partial charge in [0.1, 0.15) is 0 Å². The van der Waals surface area contributed by atoms with Crippen molar-refractivity contribution in [1.82, 2.24) is 52.3 Å². The van der Waals surface area contributed by atoms with Gasteiger partial charge in [0, 0.05) is 248 Å². The fourth-order valence-electron chi connectivity index (χ4n) is 17.6. The number of hydrogen-bond donors (Lipinski definition) is 0. The number of pyridine rings is 5. The van der Waals surface area contributed by atoms with Gasteiger partial charge in [-0.15, -0.1) is 84.4 Å². The zero-order valence-corrected chi connectivity index (χ0v) is 83.0. The summed E-state index contributed by atoms with van der Waals surface area (Å²) in [6.07, 6.45) is -1.27. The van der Waals surface area contributed by atoms with Gasteiger partial charge in [-0.25, -0.2) is 0 Å². The first kappa shape index (κ1) is 94.5. The molecule has 0 aliphatic carbocycles. The van der Waals surface area contributed by atoms with Gasteiger partial charge in [0.25, 0.3) is 0 Å². The summed E-state index contributed by atoms with van der Waals surface area (Å²) in [5, 5.41) is 6.40. The van der Waals surface area contributed by atoms with Crippen LogP contribution in [0, 0.1) is 37.3 Å². The number of hydrogen-bond acceptors (Lipinski definition) is 6. The Morgan fingerprint density at radius 2 is 0.563 bits per heavy atom. The first-order chi connectivity index (χ1) is 63.8. The molecule has 14 aromatic carbocycles. The molecule has 11 aromatic heterocycles. The summed E-state index contributed by atoms with van der Waals surface area (Å²) >= 11 is 0. The first-order valence-electron chi connectivity index (χ1n) is 42.1. The summed E-state index contributed by atoms with van der Waals surface area (Å²) in [6, 6.07) is 142. The topological polar surface area (TPSA) is 97.3 Å². The minimum atomic E-state index is -4.99. The number of para-hydroxylation sites is 9. The van der Waals surface area contributed by atoms with E-state index >= 15 is 0 Å². The molecule has 25 rings (SSSR count). The zero-order valence-electron chi connectivity index (χ0n) is 71.1. The Morgan fingerprint density at radius 1 is 0.252 bits per heavy atom. The van der Waals surface area contributed by atoms with Crippen molar-refractivity contribution in [2.24, 2.45) is 0 Å². The van der Waals surface area contributed by atoms with Gasteiger partial charge >= 0.3 is 12.4 Å². The van der Waals surface area contributed by atoms with Crippen LogP contribution in [0.4, 0.5) is 43.4 Å². The molecule has 671 valence electrons. The molecule has 0 saturated heterocycles. The van der Waals surface area contributed by atoms with Crippen LogP contribution in [0.2, 0.25) is 0 Å². The van der Waals surface area contributed by atoms with Crippen molar-refractivity contribution in [3.05, 3.63) is 460 Å². The fourth-order valence-corrected chi connectivity index (χ4v) is 17.6. The normalized spacial score (nSPS) is 11.2. The van der Waals surface area contributed by atoms with Crippen molar-refractivity contribution in [2.75, 3.05) is 4.90 Å². The second-order valence-electron chi connectivity index (χ2n) is 31.0. The number of aromatic nitrogens is 11. The molecule has 12 nitrogen and oxygen atoms in total. The number of halogens is 6. The summed E-state index contributed by atoms with van der Waals surface area (Å²) in [4.78, 5) is 24.7. The Labute approximate surface area is 838 Å². The standard InChI is InChI=1S/C29H18N3.C29H20N3.C19H9F6N2.C18H13N2.C17H11N2.5Ir/c1-2-9-20(10-3-1)31-27-15-8-18-30-29(27)24-17-16-21(19-28(24)31)32-25-13-6-4-11-22(25)23-12-5-7-14-26(23)32;1-4-11-22(12-5-1)31(23-13-6-2-7-14-23)25-18-19-26-28(21-25)32(24-15-8-3-9-16-24)27-17-10-20-30-29(26)27;20-18(21,22)11-9-13-16-15(7-4-8-26-16)27(12-5-2-1-3-6-12)17(13)14(10-11)19(23,24)25;1-13-9-10-15-17(12-13)20(14-6-3-2-4-7-14)16-8-5-11-19-18(15)16;1-2-7-13(8-3-1)19-15-10-5-4-9-14(15)17-16(19)11-6-12-18-17;;;;;/h1-16,18-19H;1-18,20-21H;1-8,10H;2-9,11-12H,1H3;1-8,10-12H;;;;;/q5*-1;;;;;. The molecule has 11 heterocycles. The fraction of sp³-hybridized carbons (Fsp3) is 0.0268. The zero-order chi connectivity index (χ0) is 88.0. The van der Waals surface area contributed by atoms with Gasteiger partial charge < -0.3 is 57.2 Å². The van der Waals surface area contributed by atoms with Crippen molar-refractivity contribution in [3.8, 4) is 34.1 Å². The quantitative estimate of drug-likeness (QED) is 0.105. The van der Waals surface area contributed by atoms with E-state index in [9.17, 15) is 26.3 Å². The number of aryl methyl sites for hydroxylation is 1. The van der Waals surface area contributed by atoms with E-state index in [0.717, 1.165) is 133 Å². The number of nitrogens with zero attached hydrogens (tertiary/aromatic N) is 12. The molecule has 0 saturated carbocycles. The predicted molar refractivity (Wildman–Crippen MR) is 511 cm³/mol. The van der Waals surface area contributed by atoms with Gasteiger partial charge in [-0.1, -0.05) is 210 Å². The molecule has 0 spiro atoms. The maximum Gasteiger partial charge on any atom is 0.401 e. The van der Waals surface area contributed by atoms with Crippen LogP contribution in [0.5, 0.6) is 0 Å². The van der Waals surface area contributed by atoms with Crippen LogP contribution in [0.25, 0.3) is 166 Å². The number of fused-ring (bicyclic) bond motifs is 18. The van der Waals surface area contributed by atoms with Crippen LogP contribution in [-0.4, -0.2) is 52.3 Å². The SMILES string of the molecule is Cc1c[c-]c2c3ncccc3n(-c3ccccc3)c2c1.FC(F)(F)c1[c-]c2c3ncccc3n(-c3ccccc3)c2c(C(F)(F)F)c1.[Ir].[Ir].[Ir].[Ir].[Ir].[c-]1cc(-n2c3ccccc3c3ccccc32)cc2c1c1ncccc1n2-c1ccccc1.[c-]1cc(N(c2ccccc2)c2ccccc2)cc2c1c1ncccc1n2-c1ccccc1.[c-]1cccc2c1c1ncccc1n2-c1ccccc1. The van der Waals surface area contributed by atoms with Crippen molar-refractivity contribution >= 4 is 149 Å².